The molecular weight excluding hydrogens is 628 g/mol. The van der Waals surface area contributed by atoms with Crippen LogP contribution in [0.3, 0.4) is 0 Å². The molecular formula is C32H40F4N4O7. The quantitative estimate of drug-likeness (QED) is 0.384. The number of halogens is 4. The molecule has 0 unspecified atom stereocenters. The van der Waals surface area contributed by atoms with Crippen molar-refractivity contribution in [3.05, 3.63) is 23.9 Å². The molecule has 15 heteroatoms. The molecule has 6 atom stereocenters. The second-order valence-electron chi connectivity index (χ2n) is 13.9. The lowest BCUT2D eigenvalue weighted by atomic mass is 9.85. The molecule has 1 aromatic heterocycles. The lowest BCUT2D eigenvalue weighted by Gasteiger charge is -2.35. The van der Waals surface area contributed by atoms with Crippen LogP contribution in [0.2, 0.25) is 0 Å². The van der Waals surface area contributed by atoms with Crippen LogP contribution in [0.5, 0.6) is 11.6 Å². The summed E-state index contributed by atoms with van der Waals surface area (Å²) < 4.78 is 73.8. The molecule has 47 heavy (non-hydrogen) atoms. The number of alkyl carbamates (subject to hydrolysis) is 1. The number of benzene rings is 1. The minimum absolute atomic E-state index is 0.00823. The van der Waals surface area contributed by atoms with Crippen LogP contribution in [0.25, 0.3) is 11.0 Å². The van der Waals surface area contributed by atoms with Gasteiger partial charge in [-0.1, -0.05) is 34.1 Å². The Morgan fingerprint density at radius 2 is 1.85 bits per heavy atom. The Labute approximate surface area is 269 Å². The summed E-state index contributed by atoms with van der Waals surface area (Å²) >= 11 is 0. The molecule has 2 N–H and O–H groups in total. The Morgan fingerprint density at radius 3 is 2.53 bits per heavy atom. The van der Waals surface area contributed by atoms with Crippen molar-refractivity contribution in [2.24, 2.45) is 17.3 Å². The van der Waals surface area contributed by atoms with Crippen LogP contribution in [0, 0.1) is 17.3 Å². The molecule has 2 aliphatic heterocycles. The van der Waals surface area contributed by atoms with Gasteiger partial charge in [0.15, 0.2) is 5.69 Å². The zero-order chi connectivity index (χ0) is 34.3. The third-order valence-corrected chi connectivity index (χ3v) is 9.10. The highest BCUT2D eigenvalue weighted by Crippen LogP contribution is 2.41. The van der Waals surface area contributed by atoms with Crippen LogP contribution >= 0.6 is 0 Å². The highest BCUT2D eigenvalue weighted by molar-refractivity contribution is 5.90. The maximum Gasteiger partial charge on any atom is 0.408 e. The van der Waals surface area contributed by atoms with E-state index < -0.39 is 78.2 Å². The Bertz CT molecular complexity index is 1500. The van der Waals surface area contributed by atoms with E-state index in [-0.39, 0.29) is 48.0 Å². The minimum Gasteiger partial charge on any atom is -0.480 e. The molecule has 258 valence electrons. The number of rotatable bonds is 3. The molecule has 2 amide bonds. The topological polar surface area (TPSA) is 140 Å². The normalized spacial score (nSPS) is 28.8. The lowest BCUT2D eigenvalue weighted by Crippen LogP contribution is -2.57. The Balaban J connectivity index is 1.55. The van der Waals surface area contributed by atoms with E-state index in [2.05, 4.69) is 20.0 Å². The summed E-state index contributed by atoms with van der Waals surface area (Å²) in [6.45, 7) is 3.72. The van der Waals surface area contributed by atoms with Crippen molar-refractivity contribution in [1.29, 1.82) is 0 Å². The number of carboxylic acid groups (broad SMARTS) is 1. The van der Waals surface area contributed by atoms with E-state index in [0.29, 0.717) is 19.3 Å². The number of aliphatic carboxylic acids is 1. The van der Waals surface area contributed by atoms with Gasteiger partial charge >= 0.3 is 18.7 Å². The first kappa shape index (κ1) is 34.4. The van der Waals surface area contributed by atoms with E-state index in [4.69, 9.17) is 9.47 Å². The molecule has 1 aromatic carbocycles. The summed E-state index contributed by atoms with van der Waals surface area (Å²) in [7, 11) is 0. The van der Waals surface area contributed by atoms with Crippen LogP contribution in [0.15, 0.2) is 18.2 Å². The third-order valence-electron chi connectivity index (χ3n) is 9.10. The molecule has 3 heterocycles. The number of carbonyl (C=O) groups is 3. The lowest BCUT2D eigenvalue weighted by molar-refractivity contribution is -0.150. The van der Waals surface area contributed by atoms with Gasteiger partial charge in [0.1, 0.15) is 30.0 Å². The summed E-state index contributed by atoms with van der Waals surface area (Å²) in [5.74, 6) is -6.27. The smallest absolute Gasteiger partial charge is 0.408 e. The van der Waals surface area contributed by atoms with Gasteiger partial charge < -0.3 is 29.5 Å². The highest BCUT2D eigenvalue weighted by atomic mass is 19.3. The summed E-state index contributed by atoms with van der Waals surface area (Å²) in [4.78, 5) is 48.8. The van der Waals surface area contributed by atoms with Gasteiger partial charge in [0.25, 0.3) is 5.92 Å². The summed E-state index contributed by atoms with van der Waals surface area (Å²) in [5, 5.41) is 12.7. The first-order chi connectivity index (χ1) is 22.0. The Morgan fingerprint density at radius 1 is 1.11 bits per heavy atom. The van der Waals surface area contributed by atoms with Crippen molar-refractivity contribution in [2.45, 2.75) is 109 Å². The van der Waals surface area contributed by atoms with Crippen LogP contribution < -0.4 is 14.8 Å². The predicted octanol–water partition coefficient (Wildman–Crippen LogP) is 5.89. The van der Waals surface area contributed by atoms with Gasteiger partial charge in [0, 0.05) is 18.9 Å². The van der Waals surface area contributed by atoms with Crippen LogP contribution in [-0.4, -0.2) is 75.4 Å². The van der Waals surface area contributed by atoms with Gasteiger partial charge in [0.2, 0.25) is 11.8 Å². The first-order valence-electron chi connectivity index (χ1n) is 15.8. The zero-order valence-corrected chi connectivity index (χ0v) is 26.7. The average Bonchev–Trinajstić information content (AvgIpc) is 3.54. The van der Waals surface area contributed by atoms with Crippen molar-refractivity contribution in [2.75, 3.05) is 6.54 Å². The van der Waals surface area contributed by atoms with E-state index in [1.165, 1.54) is 12.1 Å². The minimum atomic E-state index is -3.53. The maximum atomic E-state index is 15.9. The number of ether oxygens (including phenoxy) is 3. The number of fused-ring (bicyclic) bond motifs is 5. The number of carboxylic acids is 1. The van der Waals surface area contributed by atoms with E-state index in [0.717, 1.165) is 17.4 Å². The standard InChI is InChI=1S/C32H40F4N4O7/c1-16-11-17-7-5-6-10-32(35,36)24-26(38-21-13-18(46-29(33)34)8-9-20(21)37-24)45-19-14-22(28(42)43)40(15-19)27(41)25(31(2,3)4)39-30(44)47-23(17)12-16/h8-9,13,16-17,19,22-23,25,29H,5-7,10-12,14-15H2,1-4H3,(H,39,44)(H,42,43)/t16-,17-,19-,22+,23-,25-/m1/s1. The number of alkyl halides is 4. The summed E-state index contributed by atoms with van der Waals surface area (Å²) in [6, 6.07) is 0.935. The van der Waals surface area contributed by atoms with Crippen LogP contribution in [-0.2, 0) is 20.2 Å². The molecule has 1 saturated heterocycles. The largest absolute Gasteiger partial charge is 0.480 e. The number of hydrogen-bond donors (Lipinski definition) is 2. The zero-order valence-electron chi connectivity index (χ0n) is 26.7. The molecule has 3 aliphatic rings. The molecule has 2 fully saturated rings. The number of carbonyl (C=O) groups excluding carboxylic acids is 2. The van der Waals surface area contributed by atoms with Gasteiger partial charge in [-0.3, -0.25) is 4.79 Å². The monoisotopic (exact) mass is 668 g/mol. The van der Waals surface area contributed by atoms with Gasteiger partial charge in [-0.05, 0) is 55.1 Å². The number of amides is 2. The molecule has 5 rings (SSSR count). The van der Waals surface area contributed by atoms with E-state index >= 15 is 8.78 Å². The predicted molar refractivity (Wildman–Crippen MR) is 159 cm³/mol. The third kappa shape index (κ3) is 7.81. The Kier molecular flexibility index (Phi) is 9.74. The average molecular weight is 669 g/mol. The van der Waals surface area contributed by atoms with Crippen molar-refractivity contribution in [3.63, 3.8) is 0 Å². The molecule has 1 saturated carbocycles. The molecule has 1 aliphatic carbocycles. The summed E-state index contributed by atoms with van der Waals surface area (Å²) in [5.41, 5.74) is -1.71. The SMILES string of the molecule is C[C@@H]1C[C@H]2CCCCC(F)(F)c3nc4ccc(OC(F)F)cc4nc3O[C@@H]3C[C@@H](C(=O)O)N(C3)C(=O)[C@H](C(C)(C)C)NC(=O)O[C@@H]2C1. The second-order valence-corrected chi connectivity index (χ2v) is 13.9. The molecule has 0 radical (unpaired) electrons. The van der Waals surface area contributed by atoms with E-state index in [1.54, 1.807) is 20.8 Å². The van der Waals surface area contributed by atoms with E-state index in [1.807, 2.05) is 6.92 Å². The van der Waals surface area contributed by atoms with Crippen LogP contribution in [0.4, 0.5) is 22.4 Å². The summed E-state index contributed by atoms with van der Waals surface area (Å²) in [6.07, 6.45) is -0.852. The number of nitrogens with one attached hydrogen (secondary N) is 1. The number of hydrogen-bond acceptors (Lipinski definition) is 8. The molecule has 2 bridgehead atoms. The van der Waals surface area contributed by atoms with Crippen molar-refractivity contribution in [3.8, 4) is 11.6 Å². The Hall–Kier alpha value is -3.91. The van der Waals surface area contributed by atoms with Crippen LogP contribution in [0.1, 0.15) is 78.3 Å². The molecule has 0 spiro atoms. The second kappa shape index (κ2) is 13.3. The fourth-order valence-corrected chi connectivity index (χ4v) is 6.81. The number of aromatic nitrogens is 2. The highest BCUT2D eigenvalue weighted by Gasteiger charge is 2.47. The van der Waals surface area contributed by atoms with Gasteiger partial charge in [-0.2, -0.15) is 17.6 Å². The fraction of sp³-hybridized carbons (Fsp3) is 0.656. The number of nitrogens with zero attached hydrogens (tertiary/aromatic N) is 3. The van der Waals surface area contributed by atoms with Gasteiger partial charge in [0.05, 0.1) is 17.6 Å². The first-order valence-corrected chi connectivity index (χ1v) is 15.8. The molecule has 2 aromatic rings. The van der Waals surface area contributed by atoms with Crippen molar-refractivity contribution in [1.82, 2.24) is 20.2 Å². The maximum absolute atomic E-state index is 15.9. The van der Waals surface area contributed by atoms with Crippen molar-refractivity contribution >= 4 is 29.0 Å². The van der Waals surface area contributed by atoms with E-state index in [9.17, 15) is 28.3 Å². The molecule has 11 nitrogen and oxygen atoms in total. The van der Waals surface area contributed by atoms with Gasteiger partial charge in [-0.25, -0.2) is 19.6 Å². The fourth-order valence-electron chi connectivity index (χ4n) is 6.81. The van der Waals surface area contributed by atoms with Crippen molar-refractivity contribution < 1.29 is 51.3 Å². The van der Waals surface area contributed by atoms with Gasteiger partial charge in [-0.15, -0.1) is 0 Å².